The maximum atomic E-state index is 7.16. The van der Waals surface area contributed by atoms with E-state index >= 15 is 0 Å². The molecule has 0 heterocycles. The Bertz CT molecular complexity index is 3110. The summed E-state index contributed by atoms with van der Waals surface area (Å²) >= 11 is 0. The van der Waals surface area contributed by atoms with E-state index in [9.17, 15) is 0 Å². The maximum absolute atomic E-state index is 7.16. The molecule has 0 aromatic heterocycles. The Morgan fingerprint density at radius 1 is 0.571 bits per heavy atom. The first-order chi connectivity index (χ1) is 27.0. The van der Waals surface area contributed by atoms with Gasteiger partial charge in [-0.3, -0.25) is 0 Å². The molecule has 0 nitrogen and oxygen atoms in total. The van der Waals surface area contributed by atoms with Gasteiger partial charge in [0.2, 0.25) is 0 Å². The van der Waals surface area contributed by atoms with Crippen molar-refractivity contribution in [3.63, 3.8) is 0 Å². The summed E-state index contributed by atoms with van der Waals surface area (Å²) in [7, 11) is 48.5. The highest BCUT2D eigenvalue weighted by molar-refractivity contribution is 6.68. The standard InChI is InChI=1S/C49H29B7/c1-25(50)38-40(32-14-9-13-30(23-32)31-20-18-27-10-3-4-12-29(27)22-31)43-44(47(54)49(56)48(55)46(43)53)41(42(38)45(52)26(2)51)37-24-33-21-19-28-11-5-6-15-34(28)39(33)36-17-8-7-16-35(36)37/h3-12,14-24,30H,1,13H2,2H3/b45-26-. The minimum absolute atomic E-state index is 0.0461. The van der Waals surface area contributed by atoms with Crippen molar-refractivity contribution < 1.29 is 0 Å². The first-order valence-corrected chi connectivity index (χ1v) is 18.7. The monoisotopic (exact) mass is 694 g/mol. The van der Waals surface area contributed by atoms with Crippen molar-refractivity contribution in [2.45, 2.75) is 19.3 Å². The van der Waals surface area contributed by atoms with Crippen LogP contribution in [0.5, 0.6) is 0 Å². The van der Waals surface area contributed by atoms with Crippen LogP contribution < -0.4 is 21.9 Å². The number of benzene rings is 8. The van der Waals surface area contributed by atoms with Crippen LogP contribution in [0.4, 0.5) is 0 Å². The van der Waals surface area contributed by atoms with Gasteiger partial charge in [-0.2, -0.15) is 0 Å². The second kappa shape index (κ2) is 13.9. The van der Waals surface area contributed by atoms with E-state index in [4.69, 9.17) is 54.9 Å². The van der Waals surface area contributed by atoms with E-state index < -0.39 is 0 Å². The van der Waals surface area contributed by atoms with Crippen LogP contribution in [-0.4, -0.2) is 54.9 Å². The third-order valence-corrected chi connectivity index (χ3v) is 11.5. The lowest BCUT2D eigenvalue weighted by Gasteiger charge is -2.31. The highest BCUT2D eigenvalue weighted by Crippen LogP contribution is 2.48. The molecular formula is C49H29B7. The Balaban J connectivity index is 1.46. The molecule has 0 saturated carbocycles. The van der Waals surface area contributed by atoms with E-state index in [0.717, 1.165) is 49.9 Å². The van der Waals surface area contributed by atoms with Crippen LogP contribution >= 0.6 is 0 Å². The fourth-order valence-corrected chi connectivity index (χ4v) is 8.80. The van der Waals surface area contributed by atoms with Gasteiger partial charge in [-0.15, -0.1) is 23.0 Å². The molecule has 1 atom stereocenters. The zero-order valence-electron chi connectivity index (χ0n) is 31.2. The molecule has 1 aliphatic rings. The maximum Gasteiger partial charge on any atom is 0.113 e. The molecule has 0 saturated heterocycles. The van der Waals surface area contributed by atoms with Gasteiger partial charge in [0.05, 0.1) is 0 Å². The quantitative estimate of drug-likeness (QED) is 0.129. The Kier molecular flexibility index (Phi) is 8.96. The number of hydrogen-bond donors (Lipinski definition) is 0. The van der Waals surface area contributed by atoms with Crippen LogP contribution in [0.3, 0.4) is 0 Å². The van der Waals surface area contributed by atoms with Gasteiger partial charge in [-0.25, -0.2) is 0 Å². The minimum atomic E-state index is 0.0461. The zero-order valence-corrected chi connectivity index (χ0v) is 31.2. The van der Waals surface area contributed by atoms with Gasteiger partial charge in [0.15, 0.2) is 0 Å². The second-order valence-electron chi connectivity index (χ2n) is 14.9. The zero-order chi connectivity index (χ0) is 39.0. The predicted molar refractivity (Wildman–Crippen MR) is 251 cm³/mol. The molecule has 14 radical (unpaired) electrons. The summed E-state index contributed by atoms with van der Waals surface area (Å²) in [5, 5.41) is 10.1. The van der Waals surface area contributed by atoms with Gasteiger partial charge < -0.3 is 0 Å². The topological polar surface area (TPSA) is 0 Å². The summed E-state index contributed by atoms with van der Waals surface area (Å²) in [6.07, 6.45) is 7.32. The molecule has 246 valence electrons. The smallest absolute Gasteiger partial charge is 0.113 e. The van der Waals surface area contributed by atoms with Crippen molar-refractivity contribution in [3.05, 3.63) is 162 Å². The molecule has 56 heavy (non-hydrogen) atoms. The van der Waals surface area contributed by atoms with E-state index in [-0.39, 0.29) is 27.8 Å². The Morgan fingerprint density at radius 3 is 1.86 bits per heavy atom. The number of fused-ring (bicyclic) bond motifs is 7. The van der Waals surface area contributed by atoms with Crippen LogP contribution in [-0.2, 0) is 0 Å². The van der Waals surface area contributed by atoms with E-state index in [1.54, 1.807) is 6.92 Å². The van der Waals surface area contributed by atoms with Gasteiger partial charge in [-0.05, 0) is 105 Å². The average molecular weight is 693 g/mol. The predicted octanol–water partition coefficient (Wildman–Crippen LogP) is 7.59. The Hall–Kier alpha value is -5.53. The molecule has 0 N–H and O–H groups in total. The van der Waals surface area contributed by atoms with Gasteiger partial charge in [0.1, 0.15) is 54.9 Å². The van der Waals surface area contributed by atoms with Crippen LogP contribution in [0.25, 0.3) is 81.5 Å². The summed E-state index contributed by atoms with van der Waals surface area (Å²) in [6, 6.07) is 38.2. The molecule has 1 aliphatic carbocycles. The number of rotatable bonds is 5. The highest BCUT2D eigenvalue weighted by atomic mass is 14.3. The highest BCUT2D eigenvalue weighted by Gasteiger charge is 2.28. The van der Waals surface area contributed by atoms with Crippen LogP contribution in [0.15, 0.2) is 139 Å². The molecule has 7 heteroatoms. The fourth-order valence-electron chi connectivity index (χ4n) is 8.80. The van der Waals surface area contributed by atoms with Crippen molar-refractivity contribution in [1.82, 2.24) is 0 Å². The first kappa shape index (κ1) is 36.1. The van der Waals surface area contributed by atoms with E-state index in [1.807, 2.05) is 6.07 Å². The SMILES string of the molecule is [B]C(=C)c1c(/C([B])=C(/[B])C)c(-c2cc3ccc4ccccc4c3c3ccccc23)c2c([B])c([B])c([B])c([B])c2c1C1=CC(c2ccc3ccccc3c2)CC=C1. The van der Waals surface area contributed by atoms with Crippen LogP contribution in [0.2, 0.25) is 0 Å². The largest absolute Gasteiger partial charge is 0.127 e. The van der Waals surface area contributed by atoms with Crippen molar-refractivity contribution in [1.29, 1.82) is 0 Å². The molecule has 8 aromatic rings. The van der Waals surface area contributed by atoms with E-state index in [1.165, 1.54) is 16.3 Å². The summed E-state index contributed by atoms with van der Waals surface area (Å²) in [5.41, 5.74) is 7.53. The molecule has 0 spiro atoms. The third-order valence-electron chi connectivity index (χ3n) is 11.5. The lowest BCUT2D eigenvalue weighted by Crippen LogP contribution is -2.48. The molecular weight excluding hydrogens is 664 g/mol. The van der Waals surface area contributed by atoms with Gasteiger partial charge in [0.25, 0.3) is 0 Å². The number of allylic oxidation sites excluding steroid dienone is 5. The van der Waals surface area contributed by atoms with Gasteiger partial charge in [0, 0.05) is 5.92 Å². The second-order valence-corrected chi connectivity index (χ2v) is 14.9. The third kappa shape index (κ3) is 5.62. The van der Waals surface area contributed by atoms with E-state index in [2.05, 4.69) is 128 Å². The average Bonchev–Trinajstić information content (AvgIpc) is 3.22. The fraction of sp³-hybridized carbons (Fsp3) is 0.0612. The Labute approximate surface area is 337 Å². The molecule has 0 amide bonds. The Morgan fingerprint density at radius 2 is 1.16 bits per heavy atom. The van der Waals surface area contributed by atoms with Crippen LogP contribution in [0, 0.1) is 0 Å². The first-order valence-electron chi connectivity index (χ1n) is 18.7. The van der Waals surface area contributed by atoms with Crippen molar-refractivity contribution in [2.75, 3.05) is 0 Å². The molecule has 9 rings (SSSR count). The molecule has 1 unspecified atom stereocenters. The molecule has 0 fully saturated rings. The van der Waals surface area contributed by atoms with Crippen molar-refractivity contribution in [2.24, 2.45) is 0 Å². The molecule has 0 aliphatic heterocycles. The summed E-state index contributed by atoms with van der Waals surface area (Å²) in [4.78, 5) is 0. The van der Waals surface area contributed by atoms with Gasteiger partial charge >= 0.3 is 0 Å². The molecule has 0 bridgehead atoms. The lowest BCUT2D eigenvalue weighted by atomic mass is 9.60. The summed E-state index contributed by atoms with van der Waals surface area (Å²) in [6.45, 7) is 6.13. The lowest BCUT2D eigenvalue weighted by molar-refractivity contribution is 0.859. The summed E-state index contributed by atoms with van der Waals surface area (Å²) < 4.78 is 0. The van der Waals surface area contributed by atoms with Crippen molar-refractivity contribution >= 4 is 147 Å². The summed E-state index contributed by atoms with van der Waals surface area (Å²) in [5.74, 6) is 0.0461. The number of hydrogen-bond acceptors (Lipinski definition) is 0. The van der Waals surface area contributed by atoms with Crippen LogP contribution in [0.1, 0.15) is 41.5 Å². The molecule has 8 aromatic carbocycles. The van der Waals surface area contributed by atoms with E-state index in [0.29, 0.717) is 49.4 Å². The van der Waals surface area contributed by atoms with Crippen molar-refractivity contribution in [3.8, 4) is 11.1 Å². The van der Waals surface area contributed by atoms with Gasteiger partial charge in [-0.1, -0.05) is 150 Å². The normalized spacial score (nSPS) is 14.8. The minimum Gasteiger partial charge on any atom is -0.127 e.